The highest BCUT2D eigenvalue weighted by atomic mass is 19.4. The first-order valence-electron chi connectivity index (χ1n) is 4.61. The van der Waals surface area contributed by atoms with E-state index in [1.165, 1.54) is 12.3 Å². The number of ketones is 1. The third kappa shape index (κ3) is 1.93. The Labute approximate surface area is 93.2 Å². The van der Waals surface area contributed by atoms with Crippen LogP contribution < -0.4 is 0 Å². The highest BCUT2D eigenvalue weighted by Gasteiger charge is 2.39. The van der Waals surface area contributed by atoms with Gasteiger partial charge < -0.3 is 4.98 Å². The number of carbonyl (C=O) groups is 2. The molecule has 2 aromatic rings. The summed E-state index contributed by atoms with van der Waals surface area (Å²) >= 11 is 0. The quantitative estimate of drug-likeness (QED) is 0.649. The number of hydrogen-bond donors (Lipinski definition) is 1. The van der Waals surface area contributed by atoms with Gasteiger partial charge in [-0.2, -0.15) is 13.2 Å². The number of benzene rings is 1. The second-order valence-electron chi connectivity index (χ2n) is 3.45. The van der Waals surface area contributed by atoms with Crippen molar-refractivity contribution in [3.8, 4) is 0 Å². The second kappa shape index (κ2) is 3.73. The molecule has 0 saturated heterocycles. The van der Waals surface area contributed by atoms with E-state index in [2.05, 4.69) is 4.98 Å². The largest absolute Gasteiger partial charge is 0.454 e. The van der Waals surface area contributed by atoms with Crippen LogP contribution in [-0.4, -0.2) is 23.2 Å². The van der Waals surface area contributed by atoms with E-state index in [1.807, 2.05) is 0 Å². The molecule has 1 heterocycles. The summed E-state index contributed by atoms with van der Waals surface area (Å²) in [6.07, 6.45) is -3.02. The molecule has 0 fully saturated rings. The molecule has 3 nitrogen and oxygen atoms in total. The van der Waals surface area contributed by atoms with Gasteiger partial charge in [0.2, 0.25) is 0 Å². The minimum Gasteiger partial charge on any atom is -0.360 e. The van der Waals surface area contributed by atoms with Crippen LogP contribution in [0.3, 0.4) is 0 Å². The molecule has 17 heavy (non-hydrogen) atoms. The van der Waals surface area contributed by atoms with Gasteiger partial charge in [0, 0.05) is 28.2 Å². The predicted molar refractivity (Wildman–Crippen MR) is 54.1 cm³/mol. The Balaban J connectivity index is 2.57. The first-order chi connectivity index (χ1) is 7.93. The summed E-state index contributed by atoms with van der Waals surface area (Å²) in [5.74, 6) is -1.92. The van der Waals surface area contributed by atoms with Crippen LogP contribution in [0.15, 0.2) is 24.4 Å². The molecule has 1 aromatic carbocycles. The Bertz CT molecular complexity index is 598. The zero-order valence-corrected chi connectivity index (χ0v) is 8.34. The van der Waals surface area contributed by atoms with Crippen molar-refractivity contribution in [1.29, 1.82) is 0 Å². The minimum atomic E-state index is -4.91. The van der Waals surface area contributed by atoms with Crippen molar-refractivity contribution in [3.05, 3.63) is 35.5 Å². The molecule has 2 rings (SSSR count). The standard InChI is InChI=1S/C11H6F3NO2/c12-11(13,14)10(17)6-1-2-9-8(3-6)7(5-16)4-15-9/h1-5,15H. The Hall–Kier alpha value is -2.11. The van der Waals surface area contributed by atoms with E-state index < -0.39 is 17.5 Å². The summed E-state index contributed by atoms with van der Waals surface area (Å²) < 4.78 is 36.6. The maximum atomic E-state index is 12.2. The van der Waals surface area contributed by atoms with E-state index in [4.69, 9.17) is 0 Å². The molecule has 6 heteroatoms. The molecule has 0 saturated carbocycles. The molecule has 0 atom stereocenters. The summed E-state index contributed by atoms with van der Waals surface area (Å²) in [4.78, 5) is 24.4. The van der Waals surface area contributed by atoms with Crippen LogP contribution in [0.2, 0.25) is 0 Å². The summed E-state index contributed by atoms with van der Waals surface area (Å²) in [6.45, 7) is 0. The normalized spacial score (nSPS) is 11.7. The Morgan fingerprint density at radius 3 is 2.59 bits per heavy atom. The van der Waals surface area contributed by atoms with Crippen molar-refractivity contribution in [1.82, 2.24) is 4.98 Å². The number of aldehydes is 1. The Kier molecular flexibility index (Phi) is 2.49. The van der Waals surface area contributed by atoms with Gasteiger partial charge in [0.15, 0.2) is 6.29 Å². The van der Waals surface area contributed by atoms with Crippen molar-refractivity contribution in [2.75, 3.05) is 0 Å². The number of Topliss-reactive ketones (excluding diaryl/α,β-unsaturated/α-hetero) is 1. The van der Waals surface area contributed by atoms with Crippen LogP contribution in [0, 0.1) is 0 Å². The van der Waals surface area contributed by atoms with E-state index in [0.717, 1.165) is 12.1 Å². The van der Waals surface area contributed by atoms with Gasteiger partial charge in [-0.3, -0.25) is 9.59 Å². The predicted octanol–water partition coefficient (Wildman–Crippen LogP) is 2.73. The smallest absolute Gasteiger partial charge is 0.360 e. The zero-order valence-electron chi connectivity index (χ0n) is 8.34. The summed E-state index contributed by atoms with van der Waals surface area (Å²) in [5, 5.41) is 0.301. The lowest BCUT2D eigenvalue weighted by Crippen LogP contribution is -2.22. The molecule has 0 aliphatic rings. The SMILES string of the molecule is O=Cc1c[nH]c2ccc(C(=O)C(F)(F)F)cc12. The van der Waals surface area contributed by atoms with E-state index in [9.17, 15) is 22.8 Å². The van der Waals surface area contributed by atoms with Gasteiger partial charge in [-0.15, -0.1) is 0 Å². The Morgan fingerprint density at radius 2 is 2.00 bits per heavy atom. The zero-order chi connectivity index (χ0) is 12.6. The molecule has 1 N–H and O–H groups in total. The third-order valence-electron chi connectivity index (χ3n) is 2.36. The number of carbonyl (C=O) groups excluding carboxylic acids is 2. The number of aromatic amines is 1. The van der Waals surface area contributed by atoms with Gasteiger partial charge in [0.1, 0.15) is 0 Å². The molecule has 0 spiro atoms. The van der Waals surface area contributed by atoms with Crippen LogP contribution in [0.4, 0.5) is 13.2 Å². The summed E-state index contributed by atoms with van der Waals surface area (Å²) in [7, 11) is 0. The van der Waals surface area contributed by atoms with E-state index in [-0.39, 0.29) is 5.56 Å². The lowest BCUT2D eigenvalue weighted by Gasteiger charge is -2.04. The minimum absolute atomic E-state index is 0.219. The lowest BCUT2D eigenvalue weighted by molar-refractivity contribution is -0.0885. The van der Waals surface area contributed by atoms with E-state index in [1.54, 1.807) is 0 Å². The molecular formula is C11H6F3NO2. The highest BCUT2D eigenvalue weighted by molar-refractivity contribution is 6.05. The van der Waals surface area contributed by atoms with E-state index >= 15 is 0 Å². The van der Waals surface area contributed by atoms with Crippen LogP contribution >= 0.6 is 0 Å². The van der Waals surface area contributed by atoms with Crippen molar-refractivity contribution >= 4 is 23.0 Å². The monoisotopic (exact) mass is 241 g/mol. The van der Waals surface area contributed by atoms with Crippen LogP contribution in [0.1, 0.15) is 20.7 Å². The molecular weight excluding hydrogens is 235 g/mol. The molecule has 0 unspecified atom stereocenters. The van der Waals surface area contributed by atoms with Crippen LogP contribution in [-0.2, 0) is 0 Å². The number of H-pyrrole nitrogens is 1. The maximum absolute atomic E-state index is 12.2. The van der Waals surface area contributed by atoms with Gasteiger partial charge in [-0.1, -0.05) is 0 Å². The van der Waals surface area contributed by atoms with Gasteiger partial charge in [0.25, 0.3) is 5.78 Å². The molecule has 0 bridgehead atoms. The van der Waals surface area contributed by atoms with Gasteiger partial charge >= 0.3 is 6.18 Å². The van der Waals surface area contributed by atoms with Gasteiger partial charge in [0.05, 0.1) is 0 Å². The lowest BCUT2D eigenvalue weighted by atomic mass is 10.1. The van der Waals surface area contributed by atoms with Gasteiger partial charge in [-0.05, 0) is 18.2 Å². The van der Waals surface area contributed by atoms with Crippen LogP contribution in [0.5, 0.6) is 0 Å². The fraction of sp³-hybridized carbons (Fsp3) is 0.0909. The first-order valence-corrected chi connectivity index (χ1v) is 4.61. The van der Waals surface area contributed by atoms with Crippen molar-refractivity contribution in [2.45, 2.75) is 6.18 Å². The number of alkyl halides is 3. The number of nitrogens with one attached hydrogen (secondary N) is 1. The topological polar surface area (TPSA) is 49.9 Å². The fourth-order valence-corrected chi connectivity index (χ4v) is 1.54. The number of halogens is 3. The molecule has 0 aliphatic carbocycles. The Morgan fingerprint density at radius 1 is 1.29 bits per heavy atom. The average Bonchev–Trinajstić information content (AvgIpc) is 2.68. The molecule has 0 amide bonds. The molecule has 88 valence electrons. The number of aromatic nitrogens is 1. The number of fused-ring (bicyclic) bond motifs is 1. The second-order valence-corrected chi connectivity index (χ2v) is 3.45. The summed E-state index contributed by atoms with van der Waals surface area (Å²) in [5.41, 5.74) is 0.246. The third-order valence-corrected chi connectivity index (χ3v) is 2.36. The van der Waals surface area contributed by atoms with Gasteiger partial charge in [-0.25, -0.2) is 0 Å². The maximum Gasteiger partial charge on any atom is 0.454 e. The average molecular weight is 241 g/mol. The number of hydrogen-bond acceptors (Lipinski definition) is 2. The fourth-order valence-electron chi connectivity index (χ4n) is 1.54. The first kappa shape index (κ1) is 11.4. The van der Waals surface area contributed by atoms with E-state index in [0.29, 0.717) is 17.2 Å². The van der Waals surface area contributed by atoms with Crippen LogP contribution in [0.25, 0.3) is 10.9 Å². The number of rotatable bonds is 2. The van der Waals surface area contributed by atoms with Crippen molar-refractivity contribution in [3.63, 3.8) is 0 Å². The highest BCUT2D eigenvalue weighted by Crippen LogP contribution is 2.25. The molecule has 0 aliphatic heterocycles. The summed E-state index contributed by atoms with van der Waals surface area (Å²) in [6, 6.07) is 3.47. The molecule has 0 radical (unpaired) electrons. The van der Waals surface area contributed by atoms with Crippen molar-refractivity contribution in [2.24, 2.45) is 0 Å². The van der Waals surface area contributed by atoms with Crippen molar-refractivity contribution < 1.29 is 22.8 Å². The molecule has 1 aromatic heterocycles.